The summed E-state index contributed by atoms with van der Waals surface area (Å²) >= 11 is 0. The summed E-state index contributed by atoms with van der Waals surface area (Å²) in [7, 11) is 0. The minimum atomic E-state index is 0.0935. The van der Waals surface area contributed by atoms with Gasteiger partial charge in [-0.25, -0.2) is 0 Å². The molecule has 0 heterocycles. The number of unbranched alkanes of at least 4 members (excludes halogenated alkanes) is 9. The third kappa shape index (κ3) is 14.2. The summed E-state index contributed by atoms with van der Waals surface area (Å²) in [6.45, 7) is 9.92. The second-order valence-corrected chi connectivity index (χ2v) is 6.54. The van der Waals surface area contributed by atoms with Crippen molar-refractivity contribution < 1.29 is 4.74 Å². The van der Waals surface area contributed by atoms with Gasteiger partial charge in [0.2, 0.25) is 0 Å². The fourth-order valence-electron chi connectivity index (χ4n) is 2.43. The molecule has 0 aliphatic rings. The van der Waals surface area contributed by atoms with Gasteiger partial charge >= 0.3 is 0 Å². The highest BCUT2D eigenvalue weighted by Gasteiger charge is 2.16. The highest BCUT2D eigenvalue weighted by Crippen LogP contribution is 2.20. The van der Waals surface area contributed by atoms with Gasteiger partial charge in [-0.15, -0.1) is 0 Å². The van der Waals surface area contributed by atoms with Crippen LogP contribution in [0.5, 0.6) is 0 Å². The van der Waals surface area contributed by atoms with Crippen LogP contribution in [0, 0.1) is 0 Å². The highest BCUT2D eigenvalue weighted by molar-refractivity contribution is 4.68. The summed E-state index contributed by atoms with van der Waals surface area (Å²) < 4.78 is 5.94. The van der Waals surface area contributed by atoms with Gasteiger partial charge in [0.25, 0.3) is 0 Å². The molecule has 1 nitrogen and oxygen atoms in total. The van der Waals surface area contributed by atoms with Crippen LogP contribution in [0.15, 0.2) is 0 Å². The Hall–Kier alpha value is -0.0400. The number of rotatable bonds is 14. The van der Waals surface area contributed by atoms with Crippen LogP contribution in [0.25, 0.3) is 0 Å². The predicted molar refractivity (Wildman–Crippen MR) is 86.8 cm³/mol. The van der Waals surface area contributed by atoms with Crippen molar-refractivity contribution in [2.75, 3.05) is 6.61 Å². The molecular formula is C18H38O. The van der Waals surface area contributed by atoms with Gasteiger partial charge in [0.15, 0.2) is 0 Å². The van der Waals surface area contributed by atoms with E-state index in [9.17, 15) is 0 Å². The Bertz CT molecular complexity index is 175. The third-order valence-corrected chi connectivity index (χ3v) is 3.87. The Labute approximate surface area is 122 Å². The van der Waals surface area contributed by atoms with Gasteiger partial charge in [-0.2, -0.15) is 0 Å². The fourth-order valence-corrected chi connectivity index (χ4v) is 2.43. The summed E-state index contributed by atoms with van der Waals surface area (Å²) in [5, 5.41) is 0. The summed E-state index contributed by atoms with van der Waals surface area (Å²) in [5.41, 5.74) is 0.0935. The maximum absolute atomic E-state index is 5.94. The molecule has 0 atom stereocenters. The number of hydrogen-bond donors (Lipinski definition) is 0. The summed E-state index contributed by atoms with van der Waals surface area (Å²) in [5.74, 6) is 0. The zero-order valence-electron chi connectivity index (χ0n) is 14.1. The van der Waals surface area contributed by atoms with E-state index in [0.29, 0.717) is 0 Å². The molecule has 0 unspecified atom stereocenters. The lowest BCUT2D eigenvalue weighted by Crippen LogP contribution is -2.24. The van der Waals surface area contributed by atoms with E-state index in [0.717, 1.165) is 6.61 Å². The second kappa shape index (κ2) is 13.0. The Balaban J connectivity index is 3.27. The van der Waals surface area contributed by atoms with Gasteiger partial charge in [-0.1, -0.05) is 78.1 Å². The third-order valence-electron chi connectivity index (χ3n) is 3.87. The minimum absolute atomic E-state index is 0.0935. The predicted octanol–water partition coefficient (Wildman–Crippen LogP) is 6.50. The Morgan fingerprint density at radius 2 is 1.11 bits per heavy atom. The molecule has 0 aromatic heterocycles. The number of ether oxygens (including phenoxy) is 1. The molecule has 116 valence electrons. The maximum Gasteiger partial charge on any atom is 0.0626 e. The first-order chi connectivity index (χ1) is 9.12. The topological polar surface area (TPSA) is 9.23 Å². The maximum atomic E-state index is 5.94. The Kier molecular flexibility index (Phi) is 12.9. The number of hydrogen-bond acceptors (Lipinski definition) is 1. The molecule has 0 saturated heterocycles. The van der Waals surface area contributed by atoms with E-state index in [1.165, 1.54) is 77.0 Å². The lowest BCUT2D eigenvalue weighted by Gasteiger charge is -2.25. The molecule has 19 heavy (non-hydrogen) atoms. The van der Waals surface area contributed by atoms with E-state index in [1.807, 2.05) is 0 Å². The zero-order chi connectivity index (χ0) is 14.4. The quantitative estimate of drug-likeness (QED) is 0.327. The van der Waals surface area contributed by atoms with Crippen molar-refractivity contribution in [3.63, 3.8) is 0 Å². The first kappa shape index (κ1) is 19.0. The molecule has 0 aromatic carbocycles. The van der Waals surface area contributed by atoms with E-state index in [-0.39, 0.29) is 5.60 Å². The molecule has 0 radical (unpaired) electrons. The van der Waals surface area contributed by atoms with E-state index in [1.54, 1.807) is 0 Å². The standard InChI is InChI=1S/C18H38O/c1-5-7-9-10-11-12-13-14-15-16-18(3,4)19-17-8-6-2/h5-17H2,1-4H3. The van der Waals surface area contributed by atoms with Crippen LogP contribution in [0.2, 0.25) is 0 Å². The van der Waals surface area contributed by atoms with E-state index >= 15 is 0 Å². The average molecular weight is 271 g/mol. The van der Waals surface area contributed by atoms with Crippen LogP contribution in [0.3, 0.4) is 0 Å². The van der Waals surface area contributed by atoms with Gasteiger partial charge in [0.1, 0.15) is 0 Å². The first-order valence-corrected chi connectivity index (χ1v) is 8.76. The van der Waals surface area contributed by atoms with Crippen molar-refractivity contribution in [1.82, 2.24) is 0 Å². The highest BCUT2D eigenvalue weighted by atomic mass is 16.5. The summed E-state index contributed by atoms with van der Waals surface area (Å²) in [6.07, 6.45) is 16.3. The molecule has 0 saturated carbocycles. The normalized spacial score (nSPS) is 12.0. The van der Waals surface area contributed by atoms with Crippen LogP contribution in [0.4, 0.5) is 0 Å². The van der Waals surface area contributed by atoms with Crippen molar-refractivity contribution in [3.8, 4) is 0 Å². The SMILES string of the molecule is CCCCCCCCCCCC(C)(C)OCCCC. The van der Waals surface area contributed by atoms with E-state index in [2.05, 4.69) is 27.7 Å². The van der Waals surface area contributed by atoms with Gasteiger partial charge in [-0.3, -0.25) is 0 Å². The van der Waals surface area contributed by atoms with Gasteiger partial charge < -0.3 is 4.74 Å². The lowest BCUT2D eigenvalue weighted by atomic mass is 9.99. The first-order valence-electron chi connectivity index (χ1n) is 8.76. The molecule has 0 amide bonds. The molecule has 0 aromatic rings. The summed E-state index contributed by atoms with van der Waals surface area (Å²) in [4.78, 5) is 0. The molecule has 0 fully saturated rings. The molecule has 0 N–H and O–H groups in total. The van der Waals surface area contributed by atoms with Crippen LogP contribution in [-0.2, 0) is 4.74 Å². The van der Waals surface area contributed by atoms with Crippen LogP contribution in [-0.4, -0.2) is 12.2 Å². The van der Waals surface area contributed by atoms with Crippen molar-refractivity contribution in [1.29, 1.82) is 0 Å². The second-order valence-electron chi connectivity index (χ2n) is 6.54. The van der Waals surface area contributed by atoms with Crippen molar-refractivity contribution in [2.45, 2.75) is 110 Å². The van der Waals surface area contributed by atoms with Crippen molar-refractivity contribution in [3.05, 3.63) is 0 Å². The molecule has 1 heteroatoms. The van der Waals surface area contributed by atoms with Crippen molar-refractivity contribution in [2.24, 2.45) is 0 Å². The van der Waals surface area contributed by atoms with E-state index in [4.69, 9.17) is 4.74 Å². The smallest absolute Gasteiger partial charge is 0.0626 e. The molecule has 0 aliphatic heterocycles. The largest absolute Gasteiger partial charge is 0.376 e. The Morgan fingerprint density at radius 1 is 0.632 bits per heavy atom. The molecule has 0 rings (SSSR count). The molecule has 0 spiro atoms. The van der Waals surface area contributed by atoms with Gasteiger partial charge in [0.05, 0.1) is 5.60 Å². The fraction of sp³-hybridized carbons (Fsp3) is 1.00. The molecule has 0 bridgehead atoms. The van der Waals surface area contributed by atoms with Crippen LogP contribution < -0.4 is 0 Å². The molecule has 0 aliphatic carbocycles. The lowest BCUT2D eigenvalue weighted by molar-refractivity contribution is -0.0261. The van der Waals surface area contributed by atoms with Crippen LogP contribution in [0.1, 0.15) is 105 Å². The monoisotopic (exact) mass is 270 g/mol. The minimum Gasteiger partial charge on any atom is -0.376 e. The summed E-state index contributed by atoms with van der Waals surface area (Å²) in [6, 6.07) is 0. The van der Waals surface area contributed by atoms with E-state index < -0.39 is 0 Å². The van der Waals surface area contributed by atoms with Crippen LogP contribution >= 0.6 is 0 Å². The van der Waals surface area contributed by atoms with Gasteiger partial charge in [-0.05, 0) is 26.7 Å². The van der Waals surface area contributed by atoms with Gasteiger partial charge in [0, 0.05) is 6.61 Å². The Morgan fingerprint density at radius 3 is 1.63 bits per heavy atom. The zero-order valence-corrected chi connectivity index (χ0v) is 14.1. The van der Waals surface area contributed by atoms with Crippen molar-refractivity contribution >= 4 is 0 Å². The average Bonchev–Trinajstić information content (AvgIpc) is 2.37. The molecular weight excluding hydrogens is 232 g/mol.